The Bertz CT molecular complexity index is 1160. The van der Waals surface area contributed by atoms with E-state index in [1.807, 2.05) is 0 Å². The number of aromatic nitrogens is 3. The first kappa shape index (κ1) is 20.6. The minimum Gasteiger partial charge on any atom is -0.457 e. The Kier molecular flexibility index (Phi) is 5.76. The SMILES string of the molecule is Cc1cnc(C(O)Oc2cc(C)n(-c3cc(C=O)ncc3C)c(=O)c2Cl)c(F)c1. The van der Waals surface area contributed by atoms with Gasteiger partial charge in [0.1, 0.15) is 22.2 Å². The second kappa shape index (κ2) is 8.10. The summed E-state index contributed by atoms with van der Waals surface area (Å²) in [6.45, 7) is 5.02. The van der Waals surface area contributed by atoms with Gasteiger partial charge in [-0.05, 0) is 44.0 Å². The second-order valence-electron chi connectivity index (χ2n) is 6.47. The van der Waals surface area contributed by atoms with Gasteiger partial charge < -0.3 is 9.84 Å². The molecule has 0 aliphatic rings. The number of pyridine rings is 3. The molecule has 0 bridgehead atoms. The van der Waals surface area contributed by atoms with E-state index in [0.717, 1.165) is 0 Å². The Morgan fingerprint density at radius 1 is 1.21 bits per heavy atom. The van der Waals surface area contributed by atoms with Crippen LogP contribution in [-0.4, -0.2) is 25.9 Å². The average molecular weight is 418 g/mol. The lowest BCUT2D eigenvalue weighted by Gasteiger charge is -2.18. The van der Waals surface area contributed by atoms with Gasteiger partial charge in [0.15, 0.2) is 12.1 Å². The van der Waals surface area contributed by atoms with Gasteiger partial charge in [-0.3, -0.25) is 24.1 Å². The molecule has 3 heterocycles. The molecule has 1 atom stereocenters. The Morgan fingerprint density at radius 3 is 2.59 bits per heavy atom. The molecule has 0 saturated heterocycles. The third-order valence-electron chi connectivity index (χ3n) is 4.24. The first-order chi connectivity index (χ1) is 13.7. The number of nitrogens with zero attached hydrogens (tertiary/aromatic N) is 3. The molecule has 1 unspecified atom stereocenters. The highest BCUT2D eigenvalue weighted by molar-refractivity contribution is 6.31. The summed E-state index contributed by atoms with van der Waals surface area (Å²) in [5.41, 5.74) is 1.29. The number of halogens is 2. The molecule has 150 valence electrons. The second-order valence-corrected chi connectivity index (χ2v) is 6.85. The lowest BCUT2D eigenvalue weighted by Crippen LogP contribution is -2.23. The normalized spacial score (nSPS) is 11.9. The van der Waals surface area contributed by atoms with E-state index >= 15 is 0 Å². The summed E-state index contributed by atoms with van der Waals surface area (Å²) in [7, 11) is 0. The number of aryl methyl sites for hydroxylation is 3. The maximum absolute atomic E-state index is 14.0. The first-order valence-electron chi connectivity index (χ1n) is 8.54. The fourth-order valence-corrected chi connectivity index (χ4v) is 2.99. The van der Waals surface area contributed by atoms with Gasteiger partial charge in [-0.2, -0.15) is 0 Å². The van der Waals surface area contributed by atoms with E-state index < -0.39 is 17.7 Å². The number of hydrogen-bond donors (Lipinski definition) is 1. The Labute approximate surface area is 170 Å². The van der Waals surface area contributed by atoms with Crippen molar-refractivity contribution in [1.82, 2.24) is 14.5 Å². The van der Waals surface area contributed by atoms with Gasteiger partial charge in [0, 0.05) is 24.2 Å². The van der Waals surface area contributed by atoms with Gasteiger partial charge in [-0.1, -0.05) is 11.6 Å². The molecule has 0 aliphatic heterocycles. The molecule has 29 heavy (non-hydrogen) atoms. The molecular weight excluding hydrogens is 401 g/mol. The fraction of sp³-hybridized carbons (Fsp3) is 0.200. The molecule has 0 aromatic carbocycles. The van der Waals surface area contributed by atoms with Gasteiger partial charge >= 0.3 is 0 Å². The van der Waals surface area contributed by atoms with Crippen LogP contribution in [0.4, 0.5) is 4.39 Å². The Balaban J connectivity index is 2.04. The van der Waals surface area contributed by atoms with Crippen LogP contribution in [0.1, 0.15) is 39.3 Å². The molecule has 0 radical (unpaired) electrons. The number of aliphatic hydroxyl groups is 1. The number of carbonyl (C=O) groups is 1. The van der Waals surface area contributed by atoms with E-state index in [9.17, 15) is 19.1 Å². The number of rotatable bonds is 5. The van der Waals surface area contributed by atoms with E-state index in [1.54, 1.807) is 20.8 Å². The highest BCUT2D eigenvalue weighted by Crippen LogP contribution is 2.28. The summed E-state index contributed by atoms with van der Waals surface area (Å²) in [5.74, 6) is -0.866. The molecule has 0 spiro atoms. The zero-order valence-electron chi connectivity index (χ0n) is 15.8. The molecule has 3 aromatic rings. The molecule has 0 fully saturated rings. The number of hydrogen-bond acceptors (Lipinski definition) is 6. The van der Waals surface area contributed by atoms with Gasteiger partial charge in [-0.25, -0.2) is 4.39 Å². The summed E-state index contributed by atoms with van der Waals surface area (Å²) in [5, 5.41) is 9.90. The average Bonchev–Trinajstić information content (AvgIpc) is 2.67. The van der Waals surface area contributed by atoms with Gasteiger partial charge in [0.2, 0.25) is 6.29 Å². The van der Waals surface area contributed by atoms with Crippen molar-refractivity contribution < 1.29 is 19.0 Å². The number of aldehydes is 1. The van der Waals surface area contributed by atoms with Crippen molar-refractivity contribution in [3.8, 4) is 11.4 Å². The monoisotopic (exact) mass is 417 g/mol. The molecule has 9 heteroatoms. The van der Waals surface area contributed by atoms with Crippen LogP contribution in [0.5, 0.6) is 5.75 Å². The Hall–Kier alpha value is -3.10. The van der Waals surface area contributed by atoms with Crippen molar-refractivity contribution in [3.05, 3.63) is 80.0 Å². The number of carbonyl (C=O) groups excluding carboxylic acids is 1. The van der Waals surface area contributed by atoms with E-state index in [2.05, 4.69) is 9.97 Å². The van der Waals surface area contributed by atoms with Crippen LogP contribution in [0.15, 0.2) is 35.4 Å². The minimum absolute atomic E-state index is 0.123. The van der Waals surface area contributed by atoms with Gasteiger partial charge in [0.05, 0.1) is 5.69 Å². The van der Waals surface area contributed by atoms with Crippen LogP contribution < -0.4 is 10.3 Å². The molecule has 0 aliphatic carbocycles. The van der Waals surface area contributed by atoms with Crippen molar-refractivity contribution in [2.45, 2.75) is 27.1 Å². The zero-order chi connectivity index (χ0) is 21.3. The predicted octanol–water partition coefficient (Wildman–Crippen LogP) is 3.23. The summed E-state index contributed by atoms with van der Waals surface area (Å²) in [6, 6.07) is 4.10. The first-order valence-corrected chi connectivity index (χ1v) is 8.91. The molecule has 3 aromatic heterocycles. The van der Waals surface area contributed by atoms with Crippen molar-refractivity contribution in [2.75, 3.05) is 0 Å². The third kappa shape index (κ3) is 4.03. The van der Waals surface area contributed by atoms with Crippen LogP contribution in [0.25, 0.3) is 5.69 Å². The summed E-state index contributed by atoms with van der Waals surface area (Å²) >= 11 is 6.17. The smallest absolute Gasteiger partial charge is 0.277 e. The van der Waals surface area contributed by atoms with E-state index in [1.165, 1.54) is 35.2 Å². The summed E-state index contributed by atoms with van der Waals surface area (Å²) in [4.78, 5) is 31.7. The van der Waals surface area contributed by atoms with Crippen LogP contribution in [0, 0.1) is 26.6 Å². The molecular formula is C20H17ClFN3O4. The fourth-order valence-electron chi connectivity index (χ4n) is 2.80. The molecule has 0 saturated carbocycles. The number of ether oxygens (including phenoxy) is 1. The highest BCUT2D eigenvalue weighted by atomic mass is 35.5. The number of aliphatic hydroxyl groups excluding tert-OH is 1. The zero-order valence-corrected chi connectivity index (χ0v) is 16.6. The minimum atomic E-state index is -1.76. The quantitative estimate of drug-likeness (QED) is 0.506. The van der Waals surface area contributed by atoms with E-state index in [4.69, 9.17) is 16.3 Å². The maximum atomic E-state index is 14.0. The molecule has 1 N–H and O–H groups in total. The standard InChI is InChI=1S/C20H17ClFN3O4/c1-10-4-14(22)18(24-7-10)20(28)29-16-5-12(3)25(19(27)17(16)21)15-6-13(9-26)23-8-11(15)2/h4-9,20,28H,1-3H3. The lowest BCUT2D eigenvalue weighted by atomic mass is 10.2. The largest absolute Gasteiger partial charge is 0.457 e. The lowest BCUT2D eigenvalue weighted by molar-refractivity contribution is -0.0257. The predicted molar refractivity (Wildman–Crippen MR) is 104 cm³/mol. The highest BCUT2D eigenvalue weighted by Gasteiger charge is 2.21. The van der Waals surface area contributed by atoms with Crippen molar-refractivity contribution in [1.29, 1.82) is 0 Å². The third-order valence-corrected chi connectivity index (χ3v) is 4.58. The molecule has 0 amide bonds. The Morgan fingerprint density at radius 2 is 1.93 bits per heavy atom. The van der Waals surface area contributed by atoms with Crippen molar-refractivity contribution in [2.24, 2.45) is 0 Å². The maximum Gasteiger partial charge on any atom is 0.277 e. The van der Waals surface area contributed by atoms with Crippen molar-refractivity contribution >= 4 is 17.9 Å². The molecule has 3 rings (SSSR count). The van der Waals surface area contributed by atoms with Crippen LogP contribution >= 0.6 is 11.6 Å². The van der Waals surface area contributed by atoms with E-state index in [0.29, 0.717) is 28.8 Å². The van der Waals surface area contributed by atoms with Crippen LogP contribution in [-0.2, 0) is 0 Å². The van der Waals surface area contributed by atoms with Gasteiger partial charge in [-0.15, -0.1) is 0 Å². The molecule has 7 nitrogen and oxygen atoms in total. The van der Waals surface area contributed by atoms with Crippen LogP contribution in [0.3, 0.4) is 0 Å². The van der Waals surface area contributed by atoms with E-state index in [-0.39, 0.29) is 22.2 Å². The van der Waals surface area contributed by atoms with Gasteiger partial charge in [0.25, 0.3) is 5.56 Å². The van der Waals surface area contributed by atoms with Crippen LogP contribution in [0.2, 0.25) is 5.02 Å². The summed E-state index contributed by atoms with van der Waals surface area (Å²) in [6.07, 6.45) is 1.67. The summed E-state index contributed by atoms with van der Waals surface area (Å²) < 4.78 is 20.6. The topological polar surface area (TPSA) is 94.3 Å². The van der Waals surface area contributed by atoms with Crippen molar-refractivity contribution in [3.63, 3.8) is 0 Å².